The summed E-state index contributed by atoms with van der Waals surface area (Å²) in [5.74, 6) is 1.57. The van der Waals surface area contributed by atoms with E-state index in [0.29, 0.717) is 0 Å². The Hall–Kier alpha value is -2.61. The fourth-order valence-corrected chi connectivity index (χ4v) is 8.20. The summed E-state index contributed by atoms with van der Waals surface area (Å²) >= 11 is 0. The first-order chi connectivity index (χ1) is 24.1. The molecule has 0 bridgehead atoms. The molecule has 3 heteroatoms. The number of halogens is 2. The van der Waals surface area contributed by atoms with Gasteiger partial charge in [0.2, 0.25) is 0 Å². The average molecular weight is 764 g/mol. The molecule has 2 fully saturated rings. The third kappa shape index (κ3) is 10.8. The average Bonchev–Trinajstić information content (AvgIpc) is 3.82. The van der Waals surface area contributed by atoms with Gasteiger partial charge in [0.05, 0.1) is 0 Å². The van der Waals surface area contributed by atoms with Gasteiger partial charge in [-0.2, -0.15) is 12.1 Å². The summed E-state index contributed by atoms with van der Waals surface area (Å²) in [5, 5.41) is 5.67. The predicted octanol–water partition coefficient (Wildman–Crippen LogP) is 8.72. The summed E-state index contributed by atoms with van der Waals surface area (Å²) < 4.78 is 0. The summed E-state index contributed by atoms with van der Waals surface area (Å²) in [5.41, 5.74) is 11.4. The molecule has 6 aromatic rings. The number of fused-ring (bicyclic) bond motifs is 2. The Balaban J connectivity index is 0.000000248. The zero-order valence-corrected chi connectivity index (χ0v) is 34.5. The largest absolute Gasteiger partial charge is 2.00 e. The minimum Gasteiger partial charge on any atom is -1.00 e. The first-order valence-electron chi connectivity index (χ1n) is 19.3. The van der Waals surface area contributed by atoms with E-state index in [4.69, 9.17) is 0 Å². The monoisotopic (exact) mass is 762 g/mol. The molecule has 0 unspecified atom stereocenters. The van der Waals surface area contributed by atoms with Crippen molar-refractivity contribution in [2.75, 3.05) is 0 Å². The minimum atomic E-state index is 0. The van der Waals surface area contributed by atoms with E-state index in [1.54, 1.807) is 11.1 Å². The Morgan fingerprint density at radius 1 is 0.519 bits per heavy atom. The van der Waals surface area contributed by atoms with Crippen molar-refractivity contribution >= 4 is 21.5 Å². The molecule has 2 aliphatic carbocycles. The standard InChI is InChI=1S/2C23H25.C3H6.2ClH.Ti/c2*1-2-17-11-13-19(14-12-17)22-10-6-9-20-15-21(16-23(20)22)18-7-4-3-5-8-18;1-3-2;;;/h2*6,9-16,18H,2-5,7-8H2,1H3;1-3H2;2*1H;/q2*-1;-2;;;+2/p-2. The van der Waals surface area contributed by atoms with Crippen LogP contribution in [0.1, 0.15) is 119 Å². The van der Waals surface area contributed by atoms with Gasteiger partial charge in [0.15, 0.2) is 0 Å². The van der Waals surface area contributed by atoms with E-state index >= 15 is 0 Å². The molecule has 52 heavy (non-hydrogen) atoms. The molecule has 0 heterocycles. The molecule has 0 nitrogen and oxygen atoms in total. The van der Waals surface area contributed by atoms with E-state index < -0.39 is 0 Å². The number of hydrogen-bond donors (Lipinski definition) is 0. The number of rotatable bonds is 6. The molecule has 0 radical (unpaired) electrons. The minimum absolute atomic E-state index is 0. The molecular formula is C49H56Cl2Ti-4. The Kier molecular flexibility index (Phi) is 18.5. The third-order valence-electron chi connectivity index (χ3n) is 11.0. The van der Waals surface area contributed by atoms with Crippen molar-refractivity contribution in [3.05, 3.63) is 145 Å². The van der Waals surface area contributed by atoms with Gasteiger partial charge in [-0.3, -0.25) is 0 Å². The van der Waals surface area contributed by atoms with Crippen LogP contribution in [0.25, 0.3) is 43.8 Å². The molecule has 8 rings (SSSR count). The van der Waals surface area contributed by atoms with Crippen molar-refractivity contribution in [2.45, 2.75) is 109 Å². The van der Waals surface area contributed by atoms with E-state index in [1.807, 2.05) is 0 Å². The third-order valence-corrected chi connectivity index (χ3v) is 11.0. The quantitative estimate of drug-likeness (QED) is 0.118. The molecule has 0 aromatic heterocycles. The summed E-state index contributed by atoms with van der Waals surface area (Å²) in [4.78, 5) is 0. The molecular weight excluding hydrogens is 707 g/mol. The zero-order chi connectivity index (χ0) is 34.0. The van der Waals surface area contributed by atoms with Gasteiger partial charge >= 0.3 is 21.7 Å². The Labute approximate surface area is 342 Å². The second-order valence-corrected chi connectivity index (χ2v) is 14.3. The summed E-state index contributed by atoms with van der Waals surface area (Å²) in [7, 11) is 0. The van der Waals surface area contributed by atoms with Gasteiger partial charge in [-0.1, -0.05) is 124 Å². The van der Waals surface area contributed by atoms with Gasteiger partial charge in [-0.25, -0.2) is 0 Å². The van der Waals surface area contributed by atoms with Crippen molar-refractivity contribution < 1.29 is 46.5 Å². The van der Waals surface area contributed by atoms with Crippen LogP contribution in [0.5, 0.6) is 0 Å². The fourth-order valence-electron chi connectivity index (χ4n) is 8.20. The van der Waals surface area contributed by atoms with Gasteiger partial charge in [0.25, 0.3) is 0 Å². The van der Waals surface area contributed by atoms with Crippen molar-refractivity contribution in [1.29, 1.82) is 0 Å². The fraction of sp³-hybridized carbons (Fsp3) is 0.347. The number of aryl methyl sites for hydroxylation is 2. The number of benzene rings is 4. The van der Waals surface area contributed by atoms with Crippen LogP contribution in [0, 0.1) is 13.8 Å². The Morgan fingerprint density at radius 3 is 1.19 bits per heavy atom. The summed E-state index contributed by atoms with van der Waals surface area (Å²) in [6.07, 6.45) is 16.9. The maximum atomic E-state index is 3.38. The summed E-state index contributed by atoms with van der Waals surface area (Å²) in [6.45, 7) is 11.2. The van der Waals surface area contributed by atoms with Gasteiger partial charge in [0, 0.05) is 0 Å². The molecule has 6 aromatic carbocycles. The van der Waals surface area contributed by atoms with Crippen LogP contribution in [0.3, 0.4) is 0 Å². The molecule has 0 spiro atoms. The first-order valence-corrected chi connectivity index (χ1v) is 19.3. The Bertz CT molecular complexity index is 1740. The molecule has 0 atom stereocenters. The van der Waals surface area contributed by atoms with Crippen molar-refractivity contribution in [3.63, 3.8) is 0 Å². The molecule has 274 valence electrons. The molecule has 0 saturated heterocycles. The van der Waals surface area contributed by atoms with Gasteiger partial charge < -0.3 is 45.1 Å². The molecule has 0 aliphatic heterocycles. The van der Waals surface area contributed by atoms with Crippen LogP contribution in [0.4, 0.5) is 0 Å². The van der Waals surface area contributed by atoms with Crippen LogP contribution in [-0.4, -0.2) is 0 Å². The molecule has 2 aliphatic rings. The molecule has 2 saturated carbocycles. The SMILES string of the molecule is CCc1ccc(-c2cccc3[cH-]c(C4CCCCC4)cc23)cc1.CCc1ccc(-c2cccc3[cH-]c(C4CCCCC4)cc23)cc1.[CH2-]C[CH2-].[Cl-].[Cl-].[Ti+2]. The Morgan fingerprint density at radius 2 is 0.865 bits per heavy atom. The van der Waals surface area contributed by atoms with Gasteiger partial charge in [-0.15, -0.1) is 69.1 Å². The van der Waals surface area contributed by atoms with E-state index in [2.05, 4.69) is 137 Å². The van der Waals surface area contributed by atoms with Crippen LogP contribution in [0.15, 0.2) is 109 Å². The van der Waals surface area contributed by atoms with Crippen LogP contribution < -0.4 is 24.8 Å². The molecule has 0 N–H and O–H groups in total. The first kappa shape index (κ1) is 43.8. The topological polar surface area (TPSA) is 0 Å². The van der Waals surface area contributed by atoms with Crippen LogP contribution >= 0.6 is 0 Å². The van der Waals surface area contributed by atoms with Crippen molar-refractivity contribution in [1.82, 2.24) is 0 Å². The second-order valence-electron chi connectivity index (χ2n) is 14.3. The van der Waals surface area contributed by atoms with E-state index in [1.165, 1.54) is 119 Å². The maximum Gasteiger partial charge on any atom is 2.00 e. The van der Waals surface area contributed by atoms with Gasteiger partial charge in [-0.05, 0) is 72.6 Å². The van der Waals surface area contributed by atoms with E-state index in [-0.39, 0.29) is 46.5 Å². The predicted molar refractivity (Wildman–Crippen MR) is 216 cm³/mol. The van der Waals surface area contributed by atoms with Crippen LogP contribution in [-0.2, 0) is 34.6 Å². The van der Waals surface area contributed by atoms with Crippen LogP contribution in [0.2, 0.25) is 0 Å². The van der Waals surface area contributed by atoms with Gasteiger partial charge in [0.1, 0.15) is 0 Å². The van der Waals surface area contributed by atoms with Crippen molar-refractivity contribution in [3.8, 4) is 22.3 Å². The van der Waals surface area contributed by atoms with E-state index in [9.17, 15) is 0 Å². The molecule has 0 amide bonds. The normalized spacial score (nSPS) is 14.5. The summed E-state index contributed by atoms with van der Waals surface area (Å²) in [6, 6.07) is 41.5. The maximum absolute atomic E-state index is 3.38. The van der Waals surface area contributed by atoms with E-state index in [0.717, 1.165) is 31.1 Å². The van der Waals surface area contributed by atoms with Crippen molar-refractivity contribution in [2.24, 2.45) is 0 Å². The number of hydrogen-bond acceptors (Lipinski definition) is 0. The smallest absolute Gasteiger partial charge is 1.00 e. The zero-order valence-electron chi connectivity index (χ0n) is 31.4. The second kappa shape index (κ2) is 21.9.